The third-order valence-electron chi connectivity index (χ3n) is 3.53. The topological polar surface area (TPSA) is 58.4 Å². The number of nitrogens with two attached hydrogens (primary N) is 1. The molecule has 84 valence electrons. The number of nitrogens with zero attached hydrogens (tertiary/aromatic N) is 1. The Morgan fingerprint density at radius 2 is 2.12 bits per heavy atom. The molecule has 1 aromatic carbocycles. The molecule has 2 fully saturated rings. The summed E-state index contributed by atoms with van der Waals surface area (Å²) in [6, 6.07) is 7.89. The van der Waals surface area contributed by atoms with Crippen molar-refractivity contribution in [1.82, 2.24) is 5.32 Å². The fraction of sp³-hybridized carbons (Fsp3) is 0.417. The van der Waals surface area contributed by atoms with E-state index in [1.54, 1.807) is 0 Å². The van der Waals surface area contributed by atoms with Crippen molar-refractivity contribution in [3.8, 4) is 0 Å². The molecule has 0 bridgehead atoms. The van der Waals surface area contributed by atoms with E-state index >= 15 is 0 Å². The molecule has 0 radical (unpaired) electrons. The predicted octanol–water partition coefficient (Wildman–Crippen LogP) is 1.21. The van der Waals surface area contributed by atoms with Crippen LogP contribution in [0.2, 0.25) is 0 Å². The van der Waals surface area contributed by atoms with Gasteiger partial charge < -0.3 is 11.1 Å². The molecular formula is C12H15N3O. The number of rotatable bonds is 2. The van der Waals surface area contributed by atoms with Crippen molar-refractivity contribution >= 4 is 11.7 Å². The molecule has 1 aliphatic carbocycles. The van der Waals surface area contributed by atoms with E-state index < -0.39 is 0 Å². The van der Waals surface area contributed by atoms with Crippen LogP contribution in [0.15, 0.2) is 24.3 Å². The van der Waals surface area contributed by atoms with E-state index in [0.29, 0.717) is 6.54 Å². The molecule has 1 spiro atoms. The normalized spacial score (nSPS) is 21.3. The Bertz CT molecular complexity index is 440. The minimum absolute atomic E-state index is 0.0124. The van der Waals surface area contributed by atoms with Gasteiger partial charge in [0.05, 0.1) is 11.2 Å². The number of anilines is 1. The first-order valence-corrected chi connectivity index (χ1v) is 5.63. The number of para-hydroxylation sites is 1. The van der Waals surface area contributed by atoms with Crippen LogP contribution < -0.4 is 16.0 Å². The standard InChI is InChI=1S/C12H15N3O/c13-7-9-3-1-2-4-10(9)15-11(16)14-8-12(15)5-6-12/h1-4H,5-8,13H2,(H,14,16). The molecule has 0 atom stereocenters. The second-order valence-electron chi connectivity index (χ2n) is 4.55. The first kappa shape index (κ1) is 9.66. The molecule has 3 rings (SSSR count). The van der Waals surface area contributed by atoms with Crippen LogP contribution in [-0.2, 0) is 6.54 Å². The van der Waals surface area contributed by atoms with Gasteiger partial charge in [0, 0.05) is 13.1 Å². The maximum Gasteiger partial charge on any atom is 0.322 e. The van der Waals surface area contributed by atoms with Gasteiger partial charge in [0.1, 0.15) is 0 Å². The SMILES string of the molecule is NCc1ccccc1N1C(=O)NCC12CC2. The number of carbonyl (C=O) groups is 1. The third kappa shape index (κ3) is 1.23. The summed E-state index contributed by atoms with van der Waals surface area (Å²) in [6.07, 6.45) is 2.18. The number of hydrogen-bond acceptors (Lipinski definition) is 2. The van der Waals surface area contributed by atoms with Crippen molar-refractivity contribution in [3.63, 3.8) is 0 Å². The molecule has 1 aliphatic heterocycles. The molecule has 2 aliphatic rings. The van der Waals surface area contributed by atoms with Gasteiger partial charge in [-0.05, 0) is 24.5 Å². The Balaban J connectivity index is 2.05. The van der Waals surface area contributed by atoms with E-state index in [9.17, 15) is 4.79 Å². The van der Waals surface area contributed by atoms with E-state index in [1.165, 1.54) is 0 Å². The molecule has 2 amide bonds. The molecule has 1 saturated heterocycles. The molecule has 0 unspecified atom stereocenters. The summed E-state index contributed by atoms with van der Waals surface area (Å²) in [5.74, 6) is 0. The Hall–Kier alpha value is -1.55. The van der Waals surface area contributed by atoms with Crippen molar-refractivity contribution < 1.29 is 4.79 Å². The van der Waals surface area contributed by atoms with E-state index in [-0.39, 0.29) is 11.6 Å². The summed E-state index contributed by atoms with van der Waals surface area (Å²) >= 11 is 0. The summed E-state index contributed by atoms with van der Waals surface area (Å²) in [6.45, 7) is 1.24. The molecule has 1 aromatic rings. The predicted molar refractivity (Wildman–Crippen MR) is 62.2 cm³/mol. The van der Waals surface area contributed by atoms with Crippen LogP contribution in [0.3, 0.4) is 0 Å². The summed E-state index contributed by atoms with van der Waals surface area (Å²) < 4.78 is 0. The van der Waals surface area contributed by atoms with Crippen molar-refractivity contribution in [2.45, 2.75) is 24.9 Å². The highest BCUT2D eigenvalue weighted by molar-refractivity contribution is 5.97. The summed E-state index contributed by atoms with van der Waals surface area (Å²) in [5.41, 5.74) is 7.76. The van der Waals surface area contributed by atoms with Crippen molar-refractivity contribution in [2.24, 2.45) is 5.73 Å². The van der Waals surface area contributed by atoms with E-state index in [4.69, 9.17) is 5.73 Å². The third-order valence-corrected chi connectivity index (χ3v) is 3.53. The molecule has 1 saturated carbocycles. The number of benzene rings is 1. The quantitative estimate of drug-likeness (QED) is 0.782. The molecule has 0 aromatic heterocycles. The average Bonchev–Trinajstić information content (AvgIpc) is 3.01. The first-order valence-electron chi connectivity index (χ1n) is 5.63. The van der Waals surface area contributed by atoms with Gasteiger partial charge in [-0.15, -0.1) is 0 Å². The number of carbonyl (C=O) groups excluding carboxylic acids is 1. The minimum Gasteiger partial charge on any atom is -0.335 e. The van der Waals surface area contributed by atoms with Crippen LogP contribution in [-0.4, -0.2) is 18.1 Å². The number of amides is 2. The first-order chi connectivity index (χ1) is 7.77. The smallest absolute Gasteiger partial charge is 0.322 e. The van der Waals surface area contributed by atoms with E-state index in [2.05, 4.69) is 5.32 Å². The zero-order valence-electron chi connectivity index (χ0n) is 9.07. The average molecular weight is 217 g/mol. The lowest BCUT2D eigenvalue weighted by atomic mass is 10.1. The lowest BCUT2D eigenvalue weighted by molar-refractivity contribution is 0.251. The van der Waals surface area contributed by atoms with Crippen LogP contribution in [0.1, 0.15) is 18.4 Å². The Morgan fingerprint density at radius 3 is 2.81 bits per heavy atom. The van der Waals surface area contributed by atoms with Crippen LogP contribution in [0.4, 0.5) is 10.5 Å². The van der Waals surface area contributed by atoms with Crippen LogP contribution in [0.5, 0.6) is 0 Å². The van der Waals surface area contributed by atoms with Crippen LogP contribution >= 0.6 is 0 Å². The van der Waals surface area contributed by atoms with Gasteiger partial charge in [0.15, 0.2) is 0 Å². The highest BCUT2D eigenvalue weighted by atomic mass is 16.2. The maximum absolute atomic E-state index is 11.9. The van der Waals surface area contributed by atoms with Crippen molar-refractivity contribution in [3.05, 3.63) is 29.8 Å². The van der Waals surface area contributed by atoms with Crippen molar-refractivity contribution in [2.75, 3.05) is 11.4 Å². The molecule has 4 heteroatoms. The Kier molecular flexibility index (Phi) is 1.94. The largest absolute Gasteiger partial charge is 0.335 e. The fourth-order valence-electron chi connectivity index (χ4n) is 2.42. The van der Waals surface area contributed by atoms with Gasteiger partial charge >= 0.3 is 6.03 Å². The number of urea groups is 1. The van der Waals surface area contributed by atoms with Gasteiger partial charge in [-0.2, -0.15) is 0 Å². The van der Waals surface area contributed by atoms with E-state index in [0.717, 1.165) is 30.6 Å². The van der Waals surface area contributed by atoms with Gasteiger partial charge in [0.25, 0.3) is 0 Å². The molecule has 4 nitrogen and oxygen atoms in total. The lowest BCUT2D eigenvalue weighted by Gasteiger charge is -2.24. The van der Waals surface area contributed by atoms with Gasteiger partial charge in [-0.3, -0.25) is 4.90 Å². The maximum atomic E-state index is 11.9. The van der Waals surface area contributed by atoms with E-state index in [1.807, 2.05) is 29.2 Å². The molecular weight excluding hydrogens is 202 g/mol. The van der Waals surface area contributed by atoms with Gasteiger partial charge in [0.2, 0.25) is 0 Å². The zero-order chi connectivity index (χ0) is 11.2. The highest BCUT2D eigenvalue weighted by Crippen LogP contribution is 2.47. The Morgan fingerprint density at radius 1 is 1.38 bits per heavy atom. The zero-order valence-corrected chi connectivity index (χ0v) is 9.07. The lowest BCUT2D eigenvalue weighted by Crippen LogP contribution is -2.36. The summed E-state index contributed by atoms with van der Waals surface area (Å²) in [5, 5.41) is 2.92. The van der Waals surface area contributed by atoms with Crippen LogP contribution in [0.25, 0.3) is 0 Å². The monoisotopic (exact) mass is 217 g/mol. The summed E-state index contributed by atoms with van der Waals surface area (Å²) in [4.78, 5) is 13.8. The van der Waals surface area contributed by atoms with Gasteiger partial charge in [-0.25, -0.2) is 4.79 Å². The number of nitrogens with one attached hydrogen (secondary N) is 1. The highest BCUT2D eigenvalue weighted by Gasteiger charge is 2.55. The molecule has 16 heavy (non-hydrogen) atoms. The molecule has 3 N–H and O–H groups in total. The van der Waals surface area contributed by atoms with Crippen LogP contribution in [0, 0.1) is 0 Å². The minimum atomic E-state index is 0.0124. The van der Waals surface area contributed by atoms with Crippen molar-refractivity contribution in [1.29, 1.82) is 0 Å². The fourth-order valence-corrected chi connectivity index (χ4v) is 2.42. The second-order valence-corrected chi connectivity index (χ2v) is 4.55. The second kappa shape index (κ2) is 3.22. The molecule has 1 heterocycles. The number of hydrogen-bond donors (Lipinski definition) is 2. The Labute approximate surface area is 94.4 Å². The summed E-state index contributed by atoms with van der Waals surface area (Å²) in [7, 11) is 0. The van der Waals surface area contributed by atoms with Gasteiger partial charge in [-0.1, -0.05) is 18.2 Å².